The van der Waals surface area contributed by atoms with Crippen molar-refractivity contribution in [3.05, 3.63) is 77.3 Å². The molecule has 0 aliphatic heterocycles. The number of rotatable bonds is 5. The lowest BCUT2D eigenvalue weighted by Crippen LogP contribution is -2.00. The first-order chi connectivity index (χ1) is 12.7. The molecule has 0 bridgehead atoms. The van der Waals surface area contributed by atoms with Crippen molar-refractivity contribution in [1.29, 1.82) is 0 Å². The van der Waals surface area contributed by atoms with Crippen LogP contribution in [0.1, 0.15) is 5.56 Å². The van der Waals surface area contributed by atoms with Crippen LogP contribution in [0.5, 0.6) is 11.5 Å². The lowest BCUT2D eigenvalue weighted by Gasteiger charge is -2.14. The maximum atomic E-state index is 6.11. The molecule has 0 spiro atoms. The van der Waals surface area contributed by atoms with Crippen molar-refractivity contribution in [3.8, 4) is 22.9 Å². The molecule has 3 aromatic carbocycles. The van der Waals surface area contributed by atoms with Crippen LogP contribution in [0.25, 0.3) is 22.4 Å². The van der Waals surface area contributed by atoms with Gasteiger partial charge in [0.15, 0.2) is 11.5 Å². The van der Waals surface area contributed by atoms with E-state index in [0.717, 1.165) is 28.0 Å². The number of imidazole rings is 1. The fourth-order valence-electron chi connectivity index (χ4n) is 2.83. The van der Waals surface area contributed by atoms with Gasteiger partial charge in [0, 0.05) is 5.02 Å². The molecule has 26 heavy (non-hydrogen) atoms. The van der Waals surface area contributed by atoms with Crippen molar-refractivity contribution >= 4 is 22.6 Å². The largest absolute Gasteiger partial charge is 0.493 e. The van der Waals surface area contributed by atoms with Gasteiger partial charge in [0.05, 0.1) is 23.7 Å². The van der Waals surface area contributed by atoms with E-state index in [-0.39, 0.29) is 0 Å². The van der Waals surface area contributed by atoms with Crippen molar-refractivity contribution in [3.63, 3.8) is 0 Å². The average Bonchev–Trinajstić information content (AvgIpc) is 3.11. The first kappa shape index (κ1) is 16.5. The molecule has 130 valence electrons. The Morgan fingerprint density at radius 3 is 2.54 bits per heavy atom. The van der Waals surface area contributed by atoms with Crippen LogP contribution in [0, 0.1) is 0 Å². The number of nitrogens with zero attached hydrogens (tertiary/aromatic N) is 1. The van der Waals surface area contributed by atoms with Crippen LogP contribution in [0.3, 0.4) is 0 Å². The maximum Gasteiger partial charge on any atom is 0.172 e. The van der Waals surface area contributed by atoms with Gasteiger partial charge < -0.3 is 14.5 Å². The maximum absolute atomic E-state index is 6.11. The highest BCUT2D eigenvalue weighted by molar-refractivity contribution is 6.30. The molecule has 0 unspecified atom stereocenters. The van der Waals surface area contributed by atoms with Crippen LogP contribution in [0.4, 0.5) is 0 Å². The molecular weight excluding hydrogens is 348 g/mol. The van der Waals surface area contributed by atoms with Crippen molar-refractivity contribution in [1.82, 2.24) is 9.97 Å². The van der Waals surface area contributed by atoms with Crippen molar-refractivity contribution in [2.24, 2.45) is 0 Å². The zero-order valence-electron chi connectivity index (χ0n) is 14.2. The van der Waals surface area contributed by atoms with Gasteiger partial charge in [0.2, 0.25) is 0 Å². The standard InChI is InChI=1S/C21H17ClN2O2/c1-25-19-8-4-5-16(21-23-17-6-2-3-7-18(17)24-21)20(19)26-13-14-9-11-15(22)12-10-14/h2-12H,13H2,1H3,(H,23,24). The summed E-state index contributed by atoms with van der Waals surface area (Å²) in [5, 5.41) is 0.703. The highest BCUT2D eigenvalue weighted by atomic mass is 35.5. The molecule has 4 rings (SSSR count). The normalized spacial score (nSPS) is 10.8. The Labute approximate surface area is 156 Å². The van der Waals surface area contributed by atoms with Gasteiger partial charge in [-0.3, -0.25) is 0 Å². The summed E-state index contributed by atoms with van der Waals surface area (Å²) in [4.78, 5) is 8.02. The van der Waals surface area contributed by atoms with Crippen molar-refractivity contribution in [2.75, 3.05) is 7.11 Å². The summed E-state index contributed by atoms with van der Waals surface area (Å²) < 4.78 is 11.6. The Morgan fingerprint density at radius 2 is 1.77 bits per heavy atom. The van der Waals surface area contributed by atoms with E-state index in [0.29, 0.717) is 23.1 Å². The zero-order valence-corrected chi connectivity index (χ0v) is 15.0. The minimum Gasteiger partial charge on any atom is -0.493 e. The van der Waals surface area contributed by atoms with E-state index in [1.807, 2.05) is 66.7 Å². The summed E-state index contributed by atoms with van der Waals surface area (Å²) in [5.41, 5.74) is 3.77. The van der Waals surface area contributed by atoms with Gasteiger partial charge in [-0.05, 0) is 42.0 Å². The lowest BCUT2D eigenvalue weighted by molar-refractivity contribution is 0.285. The first-order valence-electron chi connectivity index (χ1n) is 8.24. The van der Waals surface area contributed by atoms with E-state index in [1.165, 1.54) is 0 Å². The molecule has 0 fully saturated rings. The van der Waals surface area contributed by atoms with E-state index in [9.17, 15) is 0 Å². The molecule has 0 saturated carbocycles. The summed E-state index contributed by atoms with van der Waals surface area (Å²) in [7, 11) is 1.63. The number of halogens is 1. The number of ether oxygens (including phenoxy) is 2. The molecule has 0 atom stereocenters. The number of H-pyrrole nitrogens is 1. The Hall–Kier alpha value is -2.98. The average molecular weight is 365 g/mol. The Balaban J connectivity index is 1.71. The molecule has 4 nitrogen and oxygen atoms in total. The van der Waals surface area contributed by atoms with Gasteiger partial charge in [-0.1, -0.05) is 41.9 Å². The second-order valence-corrected chi connectivity index (χ2v) is 6.29. The molecule has 1 heterocycles. The predicted octanol–water partition coefficient (Wildman–Crippen LogP) is 5.47. The van der Waals surface area contributed by atoms with Gasteiger partial charge in [0.1, 0.15) is 12.4 Å². The zero-order chi connectivity index (χ0) is 17.9. The van der Waals surface area contributed by atoms with E-state index in [4.69, 9.17) is 21.1 Å². The second kappa shape index (κ2) is 7.10. The predicted molar refractivity (Wildman–Crippen MR) is 104 cm³/mol. The van der Waals surface area contributed by atoms with Gasteiger partial charge in [-0.15, -0.1) is 0 Å². The summed E-state index contributed by atoms with van der Waals surface area (Å²) in [6, 6.07) is 21.3. The van der Waals surface area contributed by atoms with Crippen molar-refractivity contribution in [2.45, 2.75) is 6.61 Å². The van der Waals surface area contributed by atoms with Gasteiger partial charge in [0.25, 0.3) is 0 Å². The topological polar surface area (TPSA) is 47.1 Å². The molecule has 5 heteroatoms. The van der Waals surface area contributed by atoms with Crippen molar-refractivity contribution < 1.29 is 9.47 Å². The Morgan fingerprint density at radius 1 is 0.962 bits per heavy atom. The molecule has 0 aliphatic rings. The van der Waals surface area contributed by atoms with Crippen LogP contribution in [-0.2, 0) is 6.61 Å². The molecule has 0 radical (unpaired) electrons. The number of benzene rings is 3. The van der Waals surface area contributed by atoms with E-state index < -0.39 is 0 Å². The van der Waals surface area contributed by atoms with Gasteiger partial charge in [-0.25, -0.2) is 4.98 Å². The Bertz CT molecular complexity index is 1010. The van der Waals surface area contributed by atoms with Gasteiger partial charge >= 0.3 is 0 Å². The minimum absolute atomic E-state index is 0.408. The third kappa shape index (κ3) is 3.24. The smallest absolute Gasteiger partial charge is 0.172 e. The fraction of sp³-hybridized carbons (Fsp3) is 0.0952. The van der Waals surface area contributed by atoms with Crippen LogP contribution in [0.2, 0.25) is 5.02 Å². The van der Waals surface area contributed by atoms with Crippen LogP contribution < -0.4 is 9.47 Å². The summed E-state index contributed by atoms with van der Waals surface area (Å²) in [5.74, 6) is 2.07. The first-order valence-corrected chi connectivity index (χ1v) is 8.62. The van der Waals surface area contributed by atoms with E-state index in [2.05, 4.69) is 9.97 Å². The highest BCUT2D eigenvalue weighted by Gasteiger charge is 2.15. The molecule has 1 N–H and O–H groups in total. The number of methoxy groups -OCH3 is 1. The fourth-order valence-corrected chi connectivity index (χ4v) is 2.95. The molecule has 1 aromatic heterocycles. The minimum atomic E-state index is 0.408. The number of fused-ring (bicyclic) bond motifs is 1. The summed E-state index contributed by atoms with van der Waals surface area (Å²) in [6.07, 6.45) is 0. The van der Waals surface area contributed by atoms with E-state index in [1.54, 1.807) is 7.11 Å². The Kier molecular flexibility index (Phi) is 4.50. The third-order valence-electron chi connectivity index (χ3n) is 4.14. The number of nitrogens with one attached hydrogen (secondary N) is 1. The molecule has 0 amide bonds. The third-order valence-corrected chi connectivity index (χ3v) is 4.39. The second-order valence-electron chi connectivity index (χ2n) is 5.85. The van der Waals surface area contributed by atoms with Crippen LogP contribution >= 0.6 is 11.6 Å². The highest BCUT2D eigenvalue weighted by Crippen LogP contribution is 2.38. The van der Waals surface area contributed by atoms with Gasteiger partial charge in [-0.2, -0.15) is 0 Å². The van der Waals surface area contributed by atoms with Crippen LogP contribution in [0.15, 0.2) is 66.7 Å². The summed E-state index contributed by atoms with van der Waals surface area (Å²) in [6.45, 7) is 0.408. The molecule has 0 saturated heterocycles. The number of para-hydroxylation sites is 3. The van der Waals surface area contributed by atoms with Crippen LogP contribution in [-0.4, -0.2) is 17.1 Å². The number of hydrogen-bond donors (Lipinski definition) is 1. The monoisotopic (exact) mass is 364 g/mol. The quantitative estimate of drug-likeness (QED) is 0.510. The number of hydrogen-bond acceptors (Lipinski definition) is 3. The number of aromatic amines is 1. The number of aromatic nitrogens is 2. The lowest BCUT2D eigenvalue weighted by atomic mass is 10.1. The SMILES string of the molecule is COc1cccc(-c2nc3ccccc3[nH]2)c1OCc1ccc(Cl)cc1. The van der Waals surface area contributed by atoms with E-state index >= 15 is 0 Å². The molecular formula is C21H17ClN2O2. The molecule has 4 aromatic rings. The molecule has 0 aliphatic carbocycles. The summed E-state index contributed by atoms with van der Waals surface area (Å²) >= 11 is 5.95.